The fourth-order valence-electron chi connectivity index (χ4n) is 3.41. The molecule has 1 aromatic heterocycles. The fourth-order valence-corrected chi connectivity index (χ4v) is 4.21. The van der Waals surface area contributed by atoms with Crippen molar-refractivity contribution >= 4 is 11.3 Å². The second kappa shape index (κ2) is 8.10. The number of hydrogen-bond donors (Lipinski definition) is 1. The molecule has 1 fully saturated rings. The third-order valence-electron chi connectivity index (χ3n) is 4.89. The lowest BCUT2D eigenvalue weighted by molar-refractivity contribution is 0.0669. The molecule has 1 saturated carbocycles. The van der Waals surface area contributed by atoms with E-state index in [1.165, 1.54) is 10.4 Å². The lowest BCUT2D eigenvalue weighted by Crippen LogP contribution is -2.38. The van der Waals surface area contributed by atoms with Gasteiger partial charge in [-0.3, -0.25) is 4.90 Å². The highest BCUT2D eigenvalue weighted by Crippen LogP contribution is 2.28. The van der Waals surface area contributed by atoms with Crippen LogP contribution in [0.15, 0.2) is 29.8 Å². The number of aryl methyl sites for hydroxylation is 1. The van der Waals surface area contributed by atoms with Crippen molar-refractivity contribution in [2.45, 2.75) is 57.8 Å². The Bertz CT molecular complexity index is 650. The molecule has 0 aliphatic heterocycles. The van der Waals surface area contributed by atoms with Crippen LogP contribution < -0.4 is 4.74 Å². The summed E-state index contributed by atoms with van der Waals surface area (Å²) < 4.78 is 5.36. The second-order valence-electron chi connectivity index (χ2n) is 6.58. The van der Waals surface area contributed by atoms with Crippen LogP contribution in [-0.2, 0) is 13.1 Å². The minimum absolute atomic E-state index is 0.120. The largest absolute Gasteiger partial charge is 0.497 e. The molecule has 0 atom stereocenters. The van der Waals surface area contributed by atoms with Crippen LogP contribution in [0.3, 0.4) is 0 Å². The minimum atomic E-state index is -0.120. The summed E-state index contributed by atoms with van der Waals surface area (Å²) in [6.45, 7) is 3.91. The Hall–Kier alpha value is -1.43. The van der Waals surface area contributed by atoms with Crippen LogP contribution in [0.2, 0.25) is 0 Å². The summed E-state index contributed by atoms with van der Waals surface area (Å²) in [4.78, 5) is 8.27. The van der Waals surface area contributed by atoms with E-state index in [-0.39, 0.29) is 6.10 Å². The van der Waals surface area contributed by atoms with Gasteiger partial charge in [0.1, 0.15) is 5.75 Å². The average molecular weight is 346 g/mol. The topological polar surface area (TPSA) is 45.6 Å². The number of nitrogens with zero attached hydrogens (tertiary/aromatic N) is 2. The third-order valence-corrected chi connectivity index (χ3v) is 5.81. The molecule has 1 aliphatic carbocycles. The molecule has 0 spiro atoms. The molecule has 2 aromatic rings. The molecule has 0 unspecified atom stereocenters. The molecule has 0 bridgehead atoms. The van der Waals surface area contributed by atoms with Crippen LogP contribution in [-0.4, -0.2) is 34.2 Å². The number of aliphatic hydroxyl groups is 1. The molecule has 4 nitrogen and oxygen atoms in total. The Morgan fingerprint density at radius 3 is 2.71 bits per heavy atom. The quantitative estimate of drug-likeness (QED) is 0.865. The maximum absolute atomic E-state index is 9.82. The molecular formula is C19H26N2O2S. The van der Waals surface area contributed by atoms with Gasteiger partial charge in [0.15, 0.2) is 0 Å². The van der Waals surface area contributed by atoms with Crippen LogP contribution in [0.4, 0.5) is 0 Å². The van der Waals surface area contributed by atoms with Crippen molar-refractivity contribution in [1.29, 1.82) is 0 Å². The van der Waals surface area contributed by atoms with E-state index >= 15 is 0 Å². The van der Waals surface area contributed by atoms with Crippen molar-refractivity contribution in [3.05, 3.63) is 45.9 Å². The van der Waals surface area contributed by atoms with Gasteiger partial charge in [0, 0.05) is 24.0 Å². The van der Waals surface area contributed by atoms with Crippen molar-refractivity contribution < 1.29 is 9.84 Å². The predicted molar refractivity (Wildman–Crippen MR) is 97.4 cm³/mol. The van der Waals surface area contributed by atoms with Gasteiger partial charge in [-0.15, -0.1) is 11.3 Å². The SMILES string of the molecule is COc1cccc(CN(Cc2scnc2C)C2CCC(O)CC2)c1. The molecule has 0 radical (unpaired) electrons. The molecule has 0 amide bonds. The van der Waals surface area contributed by atoms with Crippen LogP contribution in [0, 0.1) is 6.92 Å². The summed E-state index contributed by atoms with van der Waals surface area (Å²) in [5.41, 5.74) is 4.33. The molecule has 1 N–H and O–H groups in total. The molecular weight excluding hydrogens is 320 g/mol. The lowest BCUT2D eigenvalue weighted by Gasteiger charge is -2.35. The second-order valence-corrected chi connectivity index (χ2v) is 7.52. The Morgan fingerprint density at radius 1 is 1.25 bits per heavy atom. The van der Waals surface area contributed by atoms with Crippen molar-refractivity contribution in [3.63, 3.8) is 0 Å². The number of thiazole rings is 1. The van der Waals surface area contributed by atoms with E-state index in [0.29, 0.717) is 6.04 Å². The monoisotopic (exact) mass is 346 g/mol. The van der Waals surface area contributed by atoms with Crippen LogP contribution in [0.5, 0.6) is 5.75 Å². The van der Waals surface area contributed by atoms with Gasteiger partial charge in [-0.05, 0) is 50.3 Å². The van der Waals surface area contributed by atoms with E-state index in [1.807, 2.05) is 11.6 Å². The van der Waals surface area contributed by atoms with Crippen LogP contribution in [0.1, 0.15) is 41.8 Å². The molecule has 3 rings (SSSR count). The normalized spacial score (nSPS) is 21.2. The zero-order valence-electron chi connectivity index (χ0n) is 14.4. The Balaban J connectivity index is 1.77. The number of methoxy groups -OCH3 is 1. The van der Waals surface area contributed by atoms with Gasteiger partial charge < -0.3 is 9.84 Å². The summed E-state index contributed by atoms with van der Waals surface area (Å²) in [6.07, 6.45) is 3.80. The molecule has 0 saturated heterocycles. The van der Waals surface area contributed by atoms with Gasteiger partial charge in [0.25, 0.3) is 0 Å². The number of rotatable bonds is 6. The van der Waals surface area contributed by atoms with E-state index in [2.05, 4.69) is 35.0 Å². The molecule has 130 valence electrons. The zero-order valence-corrected chi connectivity index (χ0v) is 15.3. The smallest absolute Gasteiger partial charge is 0.119 e. The maximum atomic E-state index is 9.82. The summed E-state index contributed by atoms with van der Waals surface area (Å²) >= 11 is 1.73. The van der Waals surface area contributed by atoms with E-state index in [0.717, 1.165) is 50.2 Å². The van der Waals surface area contributed by atoms with Gasteiger partial charge in [0.2, 0.25) is 0 Å². The number of aromatic nitrogens is 1. The Morgan fingerprint density at radius 2 is 2.04 bits per heavy atom. The Labute approximate surface area is 148 Å². The van der Waals surface area contributed by atoms with Crippen molar-refractivity contribution in [3.8, 4) is 5.75 Å². The minimum Gasteiger partial charge on any atom is -0.497 e. The zero-order chi connectivity index (χ0) is 16.9. The maximum Gasteiger partial charge on any atom is 0.119 e. The van der Waals surface area contributed by atoms with Crippen LogP contribution in [0.25, 0.3) is 0 Å². The molecule has 1 heterocycles. The van der Waals surface area contributed by atoms with Crippen LogP contribution >= 0.6 is 11.3 Å². The molecule has 5 heteroatoms. The first-order chi connectivity index (χ1) is 11.7. The van der Waals surface area contributed by atoms with Gasteiger partial charge in [0.05, 0.1) is 24.4 Å². The third kappa shape index (κ3) is 4.35. The number of aliphatic hydroxyl groups excluding tert-OH is 1. The highest BCUT2D eigenvalue weighted by atomic mass is 32.1. The van der Waals surface area contributed by atoms with Gasteiger partial charge in [-0.25, -0.2) is 4.98 Å². The van der Waals surface area contributed by atoms with E-state index in [1.54, 1.807) is 18.4 Å². The lowest BCUT2D eigenvalue weighted by atomic mass is 9.91. The van der Waals surface area contributed by atoms with Gasteiger partial charge in [-0.2, -0.15) is 0 Å². The summed E-state index contributed by atoms with van der Waals surface area (Å²) in [5.74, 6) is 0.903. The van der Waals surface area contributed by atoms with Crippen molar-refractivity contribution in [2.75, 3.05) is 7.11 Å². The number of benzene rings is 1. The molecule has 1 aromatic carbocycles. The number of hydrogen-bond acceptors (Lipinski definition) is 5. The number of ether oxygens (including phenoxy) is 1. The Kier molecular flexibility index (Phi) is 5.87. The van der Waals surface area contributed by atoms with Crippen molar-refractivity contribution in [1.82, 2.24) is 9.88 Å². The first-order valence-corrected chi connectivity index (χ1v) is 9.47. The van der Waals surface area contributed by atoms with E-state index < -0.39 is 0 Å². The molecule has 24 heavy (non-hydrogen) atoms. The highest BCUT2D eigenvalue weighted by molar-refractivity contribution is 7.09. The van der Waals surface area contributed by atoms with Gasteiger partial charge >= 0.3 is 0 Å². The first kappa shape index (κ1) is 17.4. The molecule has 1 aliphatic rings. The average Bonchev–Trinajstić information content (AvgIpc) is 3.00. The van der Waals surface area contributed by atoms with E-state index in [9.17, 15) is 5.11 Å². The predicted octanol–water partition coefficient (Wildman–Crippen LogP) is 3.77. The summed E-state index contributed by atoms with van der Waals surface area (Å²) in [7, 11) is 1.71. The summed E-state index contributed by atoms with van der Waals surface area (Å²) in [6, 6.07) is 8.82. The van der Waals surface area contributed by atoms with Crippen molar-refractivity contribution in [2.24, 2.45) is 0 Å². The summed E-state index contributed by atoms with van der Waals surface area (Å²) in [5, 5.41) is 9.82. The first-order valence-electron chi connectivity index (χ1n) is 8.59. The highest BCUT2D eigenvalue weighted by Gasteiger charge is 2.26. The van der Waals surface area contributed by atoms with Gasteiger partial charge in [-0.1, -0.05) is 12.1 Å². The fraction of sp³-hybridized carbons (Fsp3) is 0.526. The standard InChI is InChI=1S/C19H26N2O2S/c1-14-19(24-13-20-14)12-21(16-6-8-17(22)9-7-16)11-15-4-3-5-18(10-15)23-2/h3-5,10,13,16-17,22H,6-9,11-12H2,1-2H3. The van der Waals surface area contributed by atoms with E-state index in [4.69, 9.17) is 4.74 Å².